The van der Waals surface area contributed by atoms with E-state index >= 15 is 0 Å². The molecule has 4 nitrogen and oxygen atoms in total. The molecule has 2 aromatic heterocycles. The molecule has 0 N–H and O–H groups in total. The summed E-state index contributed by atoms with van der Waals surface area (Å²) in [5.41, 5.74) is 4.83. The van der Waals surface area contributed by atoms with Crippen molar-refractivity contribution in [2.75, 3.05) is 26.3 Å². The van der Waals surface area contributed by atoms with Gasteiger partial charge in [-0.1, -0.05) is 18.2 Å². The van der Waals surface area contributed by atoms with E-state index < -0.39 is 0 Å². The minimum absolute atomic E-state index is 0.384. The molecule has 4 aromatic rings. The summed E-state index contributed by atoms with van der Waals surface area (Å²) >= 11 is 0. The molecule has 4 heteroatoms. The van der Waals surface area contributed by atoms with Gasteiger partial charge in [-0.2, -0.15) is 0 Å². The highest BCUT2D eigenvalue weighted by Crippen LogP contribution is 2.31. The van der Waals surface area contributed by atoms with Gasteiger partial charge in [0.1, 0.15) is 0 Å². The van der Waals surface area contributed by atoms with E-state index in [0.29, 0.717) is 6.04 Å². The van der Waals surface area contributed by atoms with Crippen LogP contribution in [0.3, 0.4) is 0 Å². The highest BCUT2D eigenvalue weighted by molar-refractivity contribution is 5.87. The normalized spacial score (nSPS) is 16.8. The van der Waals surface area contributed by atoms with Crippen LogP contribution < -0.4 is 0 Å². The zero-order valence-electron chi connectivity index (χ0n) is 15.5. The lowest BCUT2D eigenvalue weighted by Gasteiger charge is -2.32. The molecule has 0 saturated carbocycles. The molecular formula is C23H23N3O. The number of pyridine rings is 1. The van der Waals surface area contributed by atoms with Gasteiger partial charge >= 0.3 is 0 Å². The van der Waals surface area contributed by atoms with Crippen LogP contribution in [0, 0.1) is 0 Å². The zero-order chi connectivity index (χ0) is 18.2. The number of benzene rings is 2. The third kappa shape index (κ3) is 2.91. The molecule has 1 aliphatic heterocycles. The van der Waals surface area contributed by atoms with Crippen molar-refractivity contribution in [2.45, 2.75) is 13.0 Å². The lowest BCUT2D eigenvalue weighted by molar-refractivity contribution is 0.0201. The first-order valence-electron chi connectivity index (χ1n) is 9.58. The van der Waals surface area contributed by atoms with Gasteiger partial charge < -0.3 is 9.30 Å². The van der Waals surface area contributed by atoms with Crippen molar-refractivity contribution in [3.05, 3.63) is 72.6 Å². The number of hydrogen-bond acceptors (Lipinski definition) is 3. The summed E-state index contributed by atoms with van der Waals surface area (Å²) in [6.07, 6.45) is 4.02. The summed E-state index contributed by atoms with van der Waals surface area (Å²) in [4.78, 5) is 6.94. The predicted molar refractivity (Wildman–Crippen MR) is 109 cm³/mol. The fraction of sp³-hybridized carbons (Fsp3) is 0.261. The van der Waals surface area contributed by atoms with Gasteiger partial charge in [0, 0.05) is 48.0 Å². The Kier molecular flexibility index (Phi) is 4.15. The van der Waals surface area contributed by atoms with Crippen LogP contribution in [0.25, 0.3) is 27.5 Å². The van der Waals surface area contributed by atoms with Crippen LogP contribution >= 0.6 is 0 Å². The van der Waals surface area contributed by atoms with Crippen molar-refractivity contribution in [1.82, 2.24) is 14.5 Å². The molecule has 1 atom stereocenters. The molecule has 0 spiro atoms. The number of hydrogen-bond donors (Lipinski definition) is 0. The largest absolute Gasteiger partial charge is 0.379 e. The minimum Gasteiger partial charge on any atom is -0.379 e. The van der Waals surface area contributed by atoms with E-state index in [2.05, 4.69) is 76.1 Å². The van der Waals surface area contributed by atoms with Crippen LogP contribution in [0.5, 0.6) is 0 Å². The lowest BCUT2D eigenvalue weighted by atomic mass is 10.0. The van der Waals surface area contributed by atoms with E-state index in [4.69, 9.17) is 4.74 Å². The SMILES string of the molecule is CC(c1cccc2c1ccn2-c1ccc2ncccc2c1)N1CCOCC1. The molecule has 27 heavy (non-hydrogen) atoms. The monoisotopic (exact) mass is 357 g/mol. The number of ether oxygens (including phenoxy) is 1. The van der Waals surface area contributed by atoms with E-state index in [0.717, 1.165) is 37.2 Å². The van der Waals surface area contributed by atoms with Gasteiger partial charge in [0.15, 0.2) is 0 Å². The predicted octanol–water partition coefficient (Wildman–Crippen LogP) is 4.57. The van der Waals surface area contributed by atoms with E-state index in [1.807, 2.05) is 12.3 Å². The molecule has 1 fully saturated rings. The molecule has 1 aliphatic rings. The average Bonchev–Trinajstić information content (AvgIpc) is 3.18. The fourth-order valence-corrected chi connectivity index (χ4v) is 4.16. The minimum atomic E-state index is 0.384. The standard InChI is InChI=1S/C23H23N3O/c1-17(25-12-14-27-15-13-25)20-5-2-6-23-21(20)9-11-26(23)19-7-8-22-18(16-19)4-3-10-24-22/h2-11,16-17H,12-15H2,1H3. The first-order chi connectivity index (χ1) is 13.3. The highest BCUT2D eigenvalue weighted by Gasteiger charge is 2.20. The second-order valence-electron chi connectivity index (χ2n) is 7.17. The number of nitrogens with zero attached hydrogens (tertiary/aromatic N) is 3. The van der Waals surface area contributed by atoms with E-state index in [-0.39, 0.29) is 0 Å². The molecule has 0 amide bonds. The maximum atomic E-state index is 5.52. The van der Waals surface area contributed by atoms with Gasteiger partial charge in [0.05, 0.1) is 24.2 Å². The Bertz CT molecular complexity index is 1100. The van der Waals surface area contributed by atoms with Gasteiger partial charge in [-0.3, -0.25) is 9.88 Å². The Morgan fingerprint density at radius 2 is 1.89 bits per heavy atom. The molecule has 136 valence electrons. The summed E-state index contributed by atoms with van der Waals surface area (Å²) in [6, 6.07) is 19.8. The lowest BCUT2D eigenvalue weighted by Crippen LogP contribution is -2.38. The summed E-state index contributed by atoms with van der Waals surface area (Å²) in [6.45, 7) is 5.95. The van der Waals surface area contributed by atoms with E-state index in [1.54, 1.807) is 0 Å². The van der Waals surface area contributed by atoms with Crippen LogP contribution in [0.2, 0.25) is 0 Å². The molecule has 0 aliphatic carbocycles. The smallest absolute Gasteiger partial charge is 0.0703 e. The molecule has 5 rings (SSSR count). The summed E-state index contributed by atoms with van der Waals surface area (Å²) < 4.78 is 7.79. The Morgan fingerprint density at radius 1 is 1.00 bits per heavy atom. The third-order valence-electron chi connectivity index (χ3n) is 5.67. The third-order valence-corrected chi connectivity index (χ3v) is 5.67. The van der Waals surface area contributed by atoms with Gasteiger partial charge in [-0.15, -0.1) is 0 Å². The second kappa shape index (κ2) is 6.80. The Balaban J connectivity index is 1.58. The maximum Gasteiger partial charge on any atom is 0.0703 e. The molecule has 0 bridgehead atoms. The summed E-state index contributed by atoms with van der Waals surface area (Å²) in [7, 11) is 0. The van der Waals surface area contributed by atoms with Crippen molar-refractivity contribution in [3.8, 4) is 5.69 Å². The number of aromatic nitrogens is 2. The molecule has 2 aromatic carbocycles. The van der Waals surface area contributed by atoms with Crippen LogP contribution in [0.4, 0.5) is 0 Å². The Hall–Kier alpha value is -2.69. The van der Waals surface area contributed by atoms with Gasteiger partial charge in [-0.05, 0) is 48.9 Å². The summed E-state index contributed by atoms with van der Waals surface area (Å²) in [5.74, 6) is 0. The van der Waals surface area contributed by atoms with Gasteiger partial charge in [0.2, 0.25) is 0 Å². The quantitative estimate of drug-likeness (QED) is 0.538. The number of fused-ring (bicyclic) bond motifs is 2. The van der Waals surface area contributed by atoms with Gasteiger partial charge in [0.25, 0.3) is 0 Å². The maximum absolute atomic E-state index is 5.52. The zero-order valence-corrected chi connectivity index (χ0v) is 15.5. The van der Waals surface area contributed by atoms with Crippen LogP contribution in [-0.2, 0) is 4.74 Å². The summed E-state index contributed by atoms with van der Waals surface area (Å²) in [5, 5.41) is 2.48. The van der Waals surface area contributed by atoms with Crippen molar-refractivity contribution in [1.29, 1.82) is 0 Å². The molecule has 3 heterocycles. The topological polar surface area (TPSA) is 30.3 Å². The fourth-order valence-electron chi connectivity index (χ4n) is 4.16. The Morgan fingerprint density at radius 3 is 2.78 bits per heavy atom. The van der Waals surface area contributed by atoms with Crippen LogP contribution in [0.1, 0.15) is 18.5 Å². The highest BCUT2D eigenvalue weighted by atomic mass is 16.5. The van der Waals surface area contributed by atoms with Crippen molar-refractivity contribution >= 4 is 21.8 Å². The van der Waals surface area contributed by atoms with E-state index in [9.17, 15) is 0 Å². The van der Waals surface area contributed by atoms with Crippen LogP contribution in [0.15, 0.2) is 67.0 Å². The van der Waals surface area contributed by atoms with Gasteiger partial charge in [-0.25, -0.2) is 0 Å². The Labute approximate surface area is 159 Å². The van der Waals surface area contributed by atoms with Crippen molar-refractivity contribution in [2.24, 2.45) is 0 Å². The number of rotatable bonds is 3. The first kappa shape index (κ1) is 16.5. The molecule has 1 saturated heterocycles. The second-order valence-corrected chi connectivity index (χ2v) is 7.17. The van der Waals surface area contributed by atoms with Crippen molar-refractivity contribution < 1.29 is 4.74 Å². The number of morpholine rings is 1. The van der Waals surface area contributed by atoms with Crippen molar-refractivity contribution in [3.63, 3.8) is 0 Å². The average molecular weight is 357 g/mol. The van der Waals surface area contributed by atoms with Crippen LogP contribution in [-0.4, -0.2) is 40.8 Å². The van der Waals surface area contributed by atoms with E-state index in [1.165, 1.54) is 22.2 Å². The first-order valence-corrected chi connectivity index (χ1v) is 9.58. The molecular weight excluding hydrogens is 334 g/mol. The molecule has 0 radical (unpaired) electrons. The molecule has 1 unspecified atom stereocenters.